The van der Waals surface area contributed by atoms with Gasteiger partial charge >= 0.3 is 0 Å². The van der Waals surface area contributed by atoms with Crippen LogP contribution in [0, 0.1) is 13.8 Å². The summed E-state index contributed by atoms with van der Waals surface area (Å²) >= 11 is 6.01. The highest BCUT2D eigenvalue weighted by Gasteiger charge is 2.05. The SMILES string of the molecule is Cc1cc(Nc2ccc(Cl)cc2C)nc(NCc2ccccc2)n1. The second-order valence-corrected chi connectivity index (χ2v) is 6.08. The number of hydrogen-bond donors (Lipinski definition) is 2. The van der Waals surface area contributed by atoms with E-state index in [1.54, 1.807) is 0 Å². The van der Waals surface area contributed by atoms with Gasteiger partial charge in [0.1, 0.15) is 5.82 Å². The highest BCUT2D eigenvalue weighted by molar-refractivity contribution is 6.30. The van der Waals surface area contributed by atoms with Crippen LogP contribution in [0.4, 0.5) is 17.5 Å². The number of halogens is 1. The summed E-state index contributed by atoms with van der Waals surface area (Å²) in [5.74, 6) is 1.36. The summed E-state index contributed by atoms with van der Waals surface area (Å²) in [6, 6.07) is 17.8. The van der Waals surface area contributed by atoms with Crippen molar-refractivity contribution in [3.63, 3.8) is 0 Å². The van der Waals surface area contributed by atoms with E-state index < -0.39 is 0 Å². The molecule has 0 bridgehead atoms. The number of aromatic nitrogens is 2. The highest BCUT2D eigenvalue weighted by Crippen LogP contribution is 2.23. The first-order valence-corrected chi connectivity index (χ1v) is 8.14. The first-order chi connectivity index (χ1) is 11.6. The molecule has 0 unspecified atom stereocenters. The normalized spacial score (nSPS) is 10.5. The van der Waals surface area contributed by atoms with Crippen LogP contribution in [0.2, 0.25) is 5.02 Å². The van der Waals surface area contributed by atoms with Crippen LogP contribution in [-0.4, -0.2) is 9.97 Å². The molecule has 0 radical (unpaired) electrons. The van der Waals surface area contributed by atoms with Crippen molar-refractivity contribution in [2.45, 2.75) is 20.4 Å². The second-order valence-electron chi connectivity index (χ2n) is 5.64. The summed E-state index contributed by atoms with van der Waals surface area (Å²) in [4.78, 5) is 8.98. The summed E-state index contributed by atoms with van der Waals surface area (Å²) in [7, 11) is 0. The number of aryl methyl sites for hydroxylation is 2. The van der Waals surface area contributed by atoms with Crippen LogP contribution in [0.3, 0.4) is 0 Å². The van der Waals surface area contributed by atoms with Gasteiger partial charge in [-0.25, -0.2) is 4.98 Å². The van der Waals surface area contributed by atoms with E-state index >= 15 is 0 Å². The van der Waals surface area contributed by atoms with Gasteiger partial charge in [0.15, 0.2) is 0 Å². The van der Waals surface area contributed by atoms with Crippen LogP contribution in [-0.2, 0) is 6.54 Å². The maximum absolute atomic E-state index is 6.01. The summed E-state index contributed by atoms with van der Waals surface area (Å²) < 4.78 is 0. The lowest BCUT2D eigenvalue weighted by Gasteiger charge is -2.12. The first-order valence-electron chi connectivity index (χ1n) is 7.77. The first kappa shape index (κ1) is 16.3. The van der Waals surface area contributed by atoms with Crippen molar-refractivity contribution in [2.75, 3.05) is 10.6 Å². The molecular weight excluding hydrogens is 320 g/mol. The van der Waals surface area contributed by atoms with Gasteiger partial charge in [-0.1, -0.05) is 41.9 Å². The van der Waals surface area contributed by atoms with Crippen LogP contribution in [0.5, 0.6) is 0 Å². The Balaban J connectivity index is 1.76. The largest absolute Gasteiger partial charge is 0.350 e. The fourth-order valence-corrected chi connectivity index (χ4v) is 2.62. The number of hydrogen-bond acceptors (Lipinski definition) is 4. The topological polar surface area (TPSA) is 49.8 Å². The van der Waals surface area contributed by atoms with Gasteiger partial charge in [0, 0.05) is 29.0 Å². The maximum atomic E-state index is 6.01. The van der Waals surface area contributed by atoms with Gasteiger partial charge < -0.3 is 10.6 Å². The van der Waals surface area contributed by atoms with E-state index in [1.165, 1.54) is 5.56 Å². The van der Waals surface area contributed by atoms with Gasteiger partial charge in [-0.15, -0.1) is 0 Å². The number of benzene rings is 2. The molecule has 4 nitrogen and oxygen atoms in total. The fourth-order valence-electron chi connectivity index (χ4n) is 2.39. The predicted molar refractivity (Wildman–Crippen MR) is 100 cm³/mol. The Hall–Kier alpha value is -2.59. The zero-order valence-corrected chi connectivity index (χ0v) is 14.4. The molecule has 0 atom stereocenters. The lowest BCUT2D eigenvalue weighted by Crippen LogP contribution is -2.06. The molecular formula is C19H19ClN4. The van der Waals surface area contributed by atoms with Gasteiger partial charge in [0.05, 0.1) is 0 Å². The number of nitrogens with one attached hydrogen (secondary N) is 2. The third-order valence-electron chi connectivity index (χ3n) is 3.60. The third kappa shape index (κ3) is 4.24. The van der Waals surface area contributed by atoms with Crippen LogP contribution in [0.1, 0.15) is 16.8 Å². The average molecular weight is 339 g/mol. The van der Waals surface area contributed by atoms with Gasteiger partial charge in [0.25, 0.3) is 0 Å². The molecule has 2 aromatic carbocycles. The Bertz CT molecular complexity index is 834. The molecule has 24 heavy (non-hydrogen) atoms. The Kier molecular flexibility index (Phi) is 4.96. The lowest BCUT2D eigenvalue weighted by molar-refractivity contribution is 1.03. The van der Waals surface area contributed by atoms with E-state index in [9.17, 15) is 0 Å². The number of anilines is 3. The molecule has 122 valence electrons. The molecule has 3 aromatic rings. The van der Waals surface area contributed by atoms with E-state index in [0.717, 1.165) is 27.8 Å². The van der Waals surface area contributed by atoms with Crippen molar-refractivity contribution in [2.24, 2.45) is 0 Å². The molecule has 0 aliphatic rings. The van der Waals surface area contributed by atoms with E-state index in [4.69, 9.17) is 11.6 Å². The second kappa shape index (κ2) is 7.32. The fraction of sp³-hybridized carbons (Fsp3) is 0.158. The molecule has 5 heteroatoms. The Morgan fingerprint density at radius 2 is 1.75 bits per heavy atom. The van der Waals surface area contributed by atoms with Gasteiger partial charge in [-0.2, -0.15) is 4.98 Å². The van der Waals surface area contributed by atoms with Gasteiger partial charge in [0.2, 0.25) is 5.95 Å². The average Bonchev–Trinajstić information content (AvgIpc) is 2.56. The minimum atomic E-state index is 0.605. The summed E-state index contributed by atoms with van der Waals surface area (Å²) in [5, 5.41) is 7.32. The monoisotopic (exact) mass is 338 g/mol. The molecule has 0 fully saturated rings. The molecule has 0 spiro atoms. The van der Waals surface area contributed by atoms with Crippen molar-refractivity contribution in [1.29, 1.82) is 0 Å². The van der Waals surface area contributed by atoms with Crippen LogP contribution in [0.25, 0.3) is 0 Å². The predicted octanol–water partition coefficient (Wildman–Crippen LogP) is 5.10. The molecule has 0 saturated heterocycles. The van der Waals surface area contributed by atoms with Gasteiger partial charge in [-0.05, 0) is 43.2 Å². The molecule has 1 heterocycles. The Morgan fingerprint density at radius 3 is 2.50 bits per heavy atom. The molecule has 0 aliphatic heterocycles. The van der Waals surface area contributed by atoms with E-state index in [2.05, 4.69) is 32.7 Å². The van der Waals surface area contributed by atoms with Crippen LogP contribution in [0.15, 0.2) is 54.6 Å². The van der Waals surface area contributed by atoms with Crippen molar-refractivity contribution in [3.05, 3.63) is 76.4 Å². The maximum Gasteiger partial charge on any atom is 0.225 e. The van der Waals surface area contributed by atoms with Crippen molar-refractivity contribution >= 4 is 29.1 Å². The van der Waals surface area contributed by atoms with Crippen LogP contribution >= 0.6 is 11.6 Å². The molecule has 2 N–H and O–H groups in total. The molecule has 1 aromatic heterocycles. The molecule has 3 rings (SSSR count). The third-order valence-corrected chi connectivity index (χ3v) is 3.83. The summed E-state index contributed by atoms with van der Waals surface area (Å²) in [6.45, 7) is 4.65. The summed E-state index contributed by atoms with van der Waals surface area (Å²) in [6.07, 6.45) is 0. The molecule has 0 saturated carbocycles. The summed E-state index contributed by atoms with van der Waals surface area (Å²) in [5.41, 5.74) is 4.13. The zero-order chi connectivity index (χ0) is 16.9. The minimum Gasteiger partial charge on any atom is -0.350 e. The minimum absolute atomic E-state index is 0.605. The van der Waals surface area contributed by atoms with Crippen molar-refractivity contribution in [1.82, 2.24) is 9.97 Å². The quantitative estimate of drug-likeness (QED) is 0.679. The number of nitrogens with zero attached hydrogens (tertiary/aromatic N) is 2. The smallest absolute Gasteiger partial charge is 0.225 e. The number of rotatable bonds is 5. The Morgan fingerprint density at radius 1 is 0.958 bits per heavy atom. The molecule has 0 aliphatic carbocycles. The van der Waals surface area contributed by atoms with Crippen LogP contribution < -0.4 is 10.6 Å². The zero-order valence-electron chi connectivity index (χ0n) is 13.7. The van der Waals surface area contributed by atoms with E-state index in [-0.39, 0.29) is 0 Å². The highest BCUT2D eigenvalue weighted by atomic mass is 35.5. The molecule has 0 amide bonds. The standard InChI is InChI=1S/C19H19ClN4/c1-13-10-16(20)8-9-17(13)23-18-11-14(2)22-19(24-18)21-12-15-6-4-3-5-7-15/h3-11H,12H2,1-2H3,(H2,21,22,23,24). The van der Waals surface area contributed by atoms with Crippen molar-refractivity contribution < 1.29 is 0 Å². The van der Waals surface area contributed by atoms with Crippen molar-refractivity contribution in [3.8, 4) is 0 Å². The van der Waals surface area contributed by atoms with E-state index in [1.807, 2.05) is 56.3 Å². The van der Waals surface area contributed by atoms with E-state index in [0.29, 0.717) is 12.5 Å². The lowest BCUT2D eigenvalue weighted by atomic mass is 10.2. The van der Waals surface area contributed by atoms with Gasteiger partial charge in [-0.3, -0.25) is 0 Å². The Labute approximate surface area is 146 Å².